The van der Waals surface area contributed by atoms with E-state index in [1.165, 1.54) is 64.2 Å². The number of hydrogen-bond donors (Lipinski definition) is 8. The highest BCUT2D eigenvalue weighted by Gasteiger charge is 2.30. The zero-order valence-electron chi connectivity index (χ0n) is 42.5. The number of carbonyl (C=O) groups is 9. The van der Waals surface area contributed by atoms with Gasteiger partial charge in [-0.3, -0.25) is 38.4 Å². The van der Waals surface area contributed by atoms with E-state index < -0.39 is 60.1 Å². The Bertz CT molecular complexity index is 1570. The van der Waals surface area contributed by atoms with E-state index in [0.717, 1.165) is 38.5 Å². The smallest absolute Gasteiger partial charge is 0.326 e. The molecular weight excluding hydrogens is 1050 g/mol. The molecule has 22 heteroatoms. The van der Waals surface area contributed by atoms with Gasteiger partial charge in [0, 0.05) is 73.8 Å². The van der Waals surface area contributed by atoms with Crippen LogP contribution in [-0.2, 0) is 62.1 Å². The number of carboxylic acids is 3. The highest BCUT2D eigenvalue weighted by Crippen LogP contribution is 2.29. The number of rotatable bonds is 48. The predicted octanol–water partition coefficient (Wildman–Crippen LogP) is 4.98. The number of unbranched alkanes of at least 4 members (excludes halogenated alkanes) is 15. The Morgan fingerprint density at radius 1 is 0.458 bits per heavy atom. The van der Waals surface area contributed by atoms with E-state index in [9.17, 15) is 53.4 Å². The van der Waals surface area contributed by atoms with E-state index in [1.807, 2.05) is 0 Å². The van der Waals surface area contributed by atoms with Crippen molar-refractivity contribution < 1.29 is 77.4 Å². The van der Waals surface area contributed by atoms with Crippen LogP contribution in [0.3, 0.4) is 0 Å². The lowest BCUT2D eigenvalue weighted by molar-refractivity contribution is -0.143. The topological polar surface area (TPSA) is 311 Å². The molecule has 0 aromatic heterocycles. The number of nitrogens with one attached hydrogen (secondary N) is 5. The number of halogens is 1. The molecular formula is C50H86IN5O16. The second-order valence-electron chi connectivity index (χ2n) is 18.4. The molecule has 1 fully saturated rings. The first-order valence-corrected chi connectivity index (χ1v) is 27.3. The lowest BCUT2D eigenvalue weighted by atomic mass is 9.81. The van der Waals surface area contributed by atoms with Crippen LogP contribution < -0.4 is 26.6 Å². The molecule has 8 N–H and O–H groups in total. The van der Waals surface area contributed by atoms with Crippen LogP contribution >= 0.6 is 22.6 Å². The highest BCUT2D eigenvalue weighted by atomic mass is 127. The van der Waals surface area contributed by atoms with E-state index in [2.05, 4.69) is 26.6 Å². The third-order valence-electron chi connectivity index (χ3n) is 12.2. The molecule has 414 valence electrons. The normalized spacial score (nSPS) is 15.2. The maximum Gasteiger partial charge on any atom is 0.326 e. The van der Waals surface area contributed by atoms with Gasteiger partial charge in [-0.05, 0) is 57.3 Å². The van der Waals surface area contributed by atoms with Crippen molar-refractivity contribution in [3.05, 3.63) is 0 Å². The molecule has 1 saturated carbocycles. The summed E-state index contributed by atoms with van der Waals surface area (Å²) in [4.78, 5) is 108. The molecule has 21 nitrogen and oxygen atoms in total. The van der Waals surface area contributed by atoms with Crippen LogP contribution in [-0.4, -0.2) is 151 Å². The highest BCUT2D eigenvalue weighted by molar-refractivity contribution is 14.1. The van der Waals surface area contributed by atoms with Crippen molar-refractivity contribution in [1.82, 2.24) is 26.6 Å². The minimum Gasteiger partial charge on any atom is -0.481 e. The Labute approximate surface area is 439 Å². The second-order valence-corrected chi connectivity index (χ2v) is 19.6. The third-order valence-corrected chi connectivity index (χ3v) is 12.5. The van der Waals surface area contributed by atoms with E-state index in [4.69, 9.17) is 24.1 Å². The lowest BCUT2D eigenvalue weighted by Crippen LogP contribution is -2.48. The standard InChI is InChI=1S/C50H86IN5O16/c51-42(57)36-71-33-31-69-29-27-52-45(60)37-72-34-32-70-30-28-53-49(66)40(24-26-47(63)64)55-44(59)25-23-41(50(67)68)56-48(65)39-21-19-38(20-22-39)35-54-43(58)17-15-13-11-9-7-5-3-1-2-4-6-8-10-12-14-16-18-46(61)62/h38-41H,1-37H2,(H,52,60)(H,53,66)(H,54,58)(H,55,59)(H,56,65)(H,61,62)(H,63,64)(H,67,68)/t38-,39-,40-,41-/m0/s1. The van der Waals surface area contributed by atoms with E-state index >= 15 is 0 Å². The van der Waals surface area contributed by atoms with Gasteiger partial charge in [-0.15, -0.1) is 0 Å². The molecule has 0 aromatic rings. The van der Waals surface area contributed by atoms with Gasteiger partial charge in [0.15, 0.2) is 0 Å². The number of amides is 5. The summed E-state index contributed by atoms with van der Waals surface area (Å²) < 4.78 is 20.9. The fourth-order valence-electron chi connectivity index (χ4n) is 8.08. The van der Waals surface area contributed by atoms with Crippen molar-refractivity contribution in [3.8, 4) is 0 Å². The van der Waals surface area contributed by atoms with Gasteiger partial charge < -0.3 is 60.9 Å². The first-order chi connectivity index (χ1) is 34.7. The second kappa shape index (κ2) is 44.5. The number of ether oxygens (including phenoxy) is 4. The molecule has 0 bridgehead atoms. The zero-order chi connectivity index (χ0) is 53.0. The molecule has 2 atom stereocenters. The van der Waals surface area contributed by atoms with Gasteiger partial charge >= 0.3 is 17.9 Å². The summed E-state index contributed by atoms with van der Waals surface area (Å²) in [6, 6.07) is -2.58. The quantitative estimate of drug-likeness (QED) is 0.0226. The Hall–Kier alpha value is -4.00. The molecule has 1 aliphatic rings. The molecule has 72 heavy (non-hydrogen) atoms. The Kier molecular flexibility index (Phi) is 40.8. The summed E-state index contributed by atoms with van der Waals surface area (Å²) in [6.45, 7) is 1.70. The summed E-state index contributed by atoms with van der Waals surface area (Å²) >= 11 is 1.63. The molecule has 0 radical (unpaired) electrons. The molecule has 1 aliphatic carbocycles. The number of aliphatic carboxylic acids is 3. The van der Waals surface area contributed by atoms with Crippen molar-refractivity contribution in [1.29, 1.82) is 0 Å². The number of hydrogen-bond acceptors (Lipinski definition) is 13. The summed E-state index contributed by atoms with van der Waals surface area (Å²) in [5, 5.41) is 41.0. The van der Waals surface area contributed by atoms with Crippen LogP contribution in [0.15, 0.2) is 0 Å². The third kappa shape index (κ3) is 39.5. The largest absolute Gasteiger partial charge is 0.481 e. The Balaban J connectivity index is 2.20. The molecule has 0 saturated heterocycles. The molecule has 0 aromatic carbocycles. The average Bonchev–Trinajstić information content (AvgIpc) is 3.34. The van der Waals surface area contributed by atoms with Crippen molar-refractivity contribution in [2.45, 2.75) is 179 Å². The first-order valence-electron chi connectivity index (χ1n) is 26.2. The maximum atomic E-state index is 13.1. The summed E-state index contributed by atoms with van der Waals surface area (Å²) in [5.74, 6) is -5.47. The average molecular weight is 1140 g/mol. The van der Waals surface area contributed by atoms with E-state index in [1.54, 1.807) is 22.6 Å². The van der Waals surface area contributed by atoms with Crippen molar-refractivity contribution in [2.24, 2.45) is 11.8 Å². The monoisotopic (exact) mass is 1140 g/mol. The zero-order valence-corrected chi connectivity index (χ0v) is 44.7. The van der Waals surface area contributed by atoms with Gasteiger partial charge in [0.1, 0.15) is 25.3 Å². The van der Waals surface area contributed by atoms with Gasteiger partial charge in [0.05, 0.1) is 39.6 Å². The molecule has 1 rings (SSSR count). The van der Waals surface area contributed by atoms with Gasteiger partial charge in [-0.1, -0.05) is 89.9 Å². The lowest BCUT2D eigenvalue weighted by Gasteiger charge is -2.28. The van der Waals surface area contributed by atoms with Crippen LogP contribution in [0.2, 0.25) is 0 Å². The van der Waals surface area contributed by atoms with Crippen LogP contribution in [0.1, 0.15) is 167 Å². The molecule has 5 amide bonds. The van der Waals surface area contributed by atoms with Gasteiger partial charge in [-0.25, -0.2) is 4.79 Å². The fraction of sp³-hybridized carbons (Fsp3) is 0.820. The minimum absolute atomic E-state index is 0.0134. The minimum atomic E-state index is -1.36. The number of carbonyl (C=O) groups excluding carboxylic acids is 6. The van der Waals surface area contributed by atoms with Crippen LogP contribution in [0.25, 0.3) is 0 Å². The SMILES string of the molecule is O=C(O)CCCCCCCCCCCCCCCCCCC(=O)NC[C@H]1CC[C@H](C(=O)N[C@@H](CCC(=O)N[C@@H](CCC(=O)O)C(=O)NCCOCCOCC(=O)NCCOCCOCC(=O)I)C(=O)O)CC1. The molecule has 0 unspecified atom stereocenters. The van der Waals surface area contributed by atoms with Gasteiger partial charge in [0.25, 0.3) is 0 Å². The summed E-state index contributed by atoms with van der Waals surface area (Å²) in [6.07, 6.45) is 20.5. The molecule has 0 aliphatic heterocycles. The molecule has 0 spiro atoms. The van der Waals surface area contributed by atoms with Crippen LogP contribution in [0.4, 0.5) is 0 Å². The van der Waals surface area contributed by atoms with Crippen LogP contribution in [0, 0.1) is 11.8 Å². The molecule has 0 heterocycles. The maximum absolute atomic E-state index is 13.1. The predicted molar refractivity (Wildman–Crippen MR) is 275 cm³/mol. The van der Waals surface area contributed by atoms with Gasteiger partial charge in [0.2, 0.25) is 33.3 Å². The van der Waals surface area contributed by atoms with E-state index in [-0.39, 0.29) is 113 Å². The van der Waals surface area contributed by atoms with Gasteiger partial charge in [-0.2, -0.15) is 0 Å². The number of carboxylic acid groups (broad SMARTS) is 3. The fourth-order valence-corrected chi connectivity index (χ4v) is 8.30. The summed E-state index contributed by atoms with van der Waals surface area (Å²) in [5.41, 5.74) is 0. The van der Waals surface area contributed by atoms with Crippen molar-refractivity contribution in [3.63, 3.8) is 0 Å². The van der Waals surface area contributed by atoms with Crippen LogP contribution in [0.5, 0.6) is 0 Å². The first kappa shape index (κ1) is 66.0. The van der Waals surface area contributed by atoms with Crippen molar-refractivity contribution in [2.75, 3.05) is 72.5 Å². The van der Waals surface area contributed by atoms with Crippen molar-refractivity contribution >= 4 is 73.8 Å². The Morgan fingerprint density at radius 3 is 1.44 bits per heavy atom. The van der Waals surface area contributed by atoms with E-state index in [0.29, 0.717) is 38.6 Å². The summed E-state index contributed by atoms with van der Waals surface area (Å²) in [7, 11) is 0. The Morgan fingerprint density at radius 2 is 0.931 bits per heavy atom.